The van der Waals surface area contributed by atoms with E-state index in [4.69, 9.17) is 4.98 Å². The Kier molecular flexibility index (Phi) is 6.84. The highest BCUT2D eigenvalue weighted by molar-refractivity contribution is 5.94. The summed E-state index contributed by atoms with van der Waals surface area (Å²) in [6, 6.07) is 4.66. The fourth-order valence-corrected chi connectivity index (χ4v) is 6.89. The van der Waals surface area contributed by atoms with Gasteiger partial charge in [-0.1, -0.05) is 0 Å². The number of H-pyrrole nitrogens is 1. The number of aryl methyl sites for hydroxylation is 1. The number of aliphatic hydroxyl groups is 1. The zero-order valence-electron chi connectivity index (χ0n) is 24.5. The number of anilines is 2. The Morgan fingerprint density at radius 3 is 2.80 bits per heavy atom. The number of aliphatic hydroxyl groups excluding tert-OH is 1. The van der Waals surface area contributed by atoms with E-state index < -0.39 is 17.8 Å². The van der Waals surface area contributed by atoms with Crippen LogP contribution in [-0.4, -0.2) is 59.2 Å². The molecule has 6 heterocycles. The molecule has 0 bridgehead atoms. The zero-order chi connectivity index (χ0) is 30.7. The molecule has 4 aromatic rings. The van der Waals surface area contributed by atoms with Crippen LogP contribution in [-0.2, 0) is 37.3 Å². The van der Waals surface area contributed by atoms with E-state index in [1.165, 1.54) is 6.07 Å². The quantitative estimate of drug-likeness (QED) is 0.275. The Balaban J connectivity index is 1.27. The fourth-order valence-electron chi connectivity index (χ4n) is 6.89. The number of aromatic nitrogens is 5. The number of rotatable bonds is 5. The van der Waals surface area contributed by atoms with E-state index in [-0.39, 0.29) is 30.3 Å². The molecule has 44 heavy (non-hydrogen) atoms. The molecular formula is C31H33FN8O4. The van der Waals surface area contributed by atoms with E-state index >= 15 is 4.39 Å². The first-order valence-electron chi connectivity index (χ1n) is 14.9. The van der Waals surface area contributed by atoms with Crippen molar-refractivity contribution < 1.29 is 19.1 Å². The van der Waals surface area contributed by atoms with E-state index in [0.717, 1.165) is 24.2 Å². The van der Waals surface area contributed by atoms with Gasteiger partial charge in [-0.05, 0) is 38.7 Å². The topological polar surface area (TPSA) is 150 Å². The Labute approximate surface area is 251 Å². The van der Waals surface area contributed by atoms with E-state index in [9.17, 15) is 19.5 Å². The number of carbonyl (C=O) groups is 2. The first kappa shape index (κ1) is 28.0. The third-order valence-electron chi connectivity index (χ3n) is 8.94. The van der Waals surface area contributed by atoms with Crippen molar-refractivity contribution in [2.75, 3.05) is 18.4 Å². The molecule has 1 atom stereocenters. The van der Waals surface area contributed by atoms with E-state index in [1.54, 1.807) is 29.5 Å². The number of hydrogen-bond acceptors (Lipinski definition) is 7. The Morgan fingerprint density at radius 1 is 1.18 bits per heavy atom. The third kappa shape index (κ3) is 4.58. The monoisotopic (exact) mass is 600 g/mol. The summed E-state index contributed by atoms with van der Waals surface area (Å²) in [5.41, 5.74) is 5.57. The second kappa shape index (κ2) is 10.7. The Hall–Kier alpha value is -4.78. The Bertz CT molecular complexity index is 1890. The molecule has 2 amide bonds. The van der Waals surface area contributed by atoms with Gasteiger partial charge in [-0.25, -0.2) is 4.39 Å². The summed E-state index contributed by atoms with van der Waals surface area (Å²) in [6.45, 7) is 4.83. The van der Waals surface area contributed by atoms with Crippen LogP contribution in [0.25, 0.3) is 11.1 Å². The van der Waals surface area contributed by atoms with Gasteiger partial charge in [0.05, 0.1) is 42.8 Å². The van der Waals surface area contributed by atoms with E-state index in [2.05, 4.69) is 20.7 Å². The smallest absolute Gasteiger partial charge is 0.271 e. The highest BCUT2D eigenvalue weighted by Crippen LogP contribution is 2.38. The maximum absolute atomic E-state index is 15.4. The van der Waals surface area contributed by atoms with Crippen molar-refractivity contribution >= 4 is 23.3 Å². The summed E-state index contributed by atoms with van der Waals surface area (Å²) < 4.78 is 19.1. The average Bonchev–Trinajstić information content (AvgIpc) is 3.55. The molecule has 2 aliphatic heterocycles. The average molecular weight is 601 g/mol. The van der Waals surface area contributed by atoms with Gasteiger partial charge in [-0.2, -0.15) is 5.10 Å². The lowest BCUT2D eigenvalue weighted by Crippen LogP contribution is -2.41. The molecule has 0 saturated heterocycles. The van der Waals surface area contributed by atoms with Gasteiger partial charge in [0.2, 0.25) is 11.5 Å². The lowest BCUT2D eigenvalue weighted by molar-refractivity contribution is -0.130. The predicted molar refractivity (Wildman–Crippen MR) is 159 cm³/mol. The number of pyridine rings is 2. The van der Waals surface area contributed by atoms with Crippen molar-refractivity contribution in [3.63, 3.8) is 0 Å². The predicted octanol–water partition coefficient (Wildman–Crippen LogP) is 2.69. The van der Waals surface area contributed by atoms with Crippen molar-refractivity contribution in [1.29, 1.82) is 0 Å². The molecule has 4 aromatic heterocycles. The fraction of sp³-hybridized carbons (Fsp3) is 0.387. The number of fused-ring (bicyclic) bond motifs is 4. The maximum atomic E-state index is 15.4. The molecule has 0 aromatic carbocycles. The van der Waals surface area contributed by atoms with Crippen molar-refractivity contribution in [2.24, 2.45) is 0 Å². The van der Waals surface area contributed by atoms with Gasteiger partial charge in [-0.3, -0.25) is 24.0 Å². The highest BCUT2D eigenvalue weighted by atomic mass is 19.1. The summed E-state index contributed by atoms with van der Waals surface area (Å²) in [5, 5.41) is 21.2. The third-order valence-corrected chi connectivity index (χ3v) is 8.94. The SMILES string of the molecule is CC(=O)N1CCn2nc(Nc3cc(=O)[nH]c(C)c3-c3cnc(C4CNC(=O)c5c(F)c6c(n54)CCCC6)c(CO)c3)cc2C1. The maximum Gasteiger partial charge on any atom is 0.271 e. The van der Waals surface area contributed by atoms with Crippen molar-refractivity contribution in [1.82, 2.24) is 34.5 Å². The van der Waals surface area contributed by atoms with E-state index in [0.29, 0.717) is 77.6 Å². The number of halogens is 1. The number of hydrogen-bond donors (Lipinski definition) is 4. The second-order valence-electron chi connectivity index (χ2n) is 11.7. The minimum atomic E-state index is -0.476. The number of nitrogens with zero attached hydrogens (tertiary/aromatic N) is 5. The molecule has 7 rings (SSSR count). The summed E-state index contributed by atoms with van der Waals surface area (Å²) >= 11 is 0. The summed E-state index contributed by atoms with van der Waals surface area (Å²) in [5.74, 6) is -0.360. The highest BCUT2D eigenvalue weighted by Gasteiger charge is 2.37. The molecule has 13 heteroatoms. The number of nitrogens with one attached hydrogen (secondary N) is 3. The van der Waals surface area contributed by atoms with Crippen molar-refractivity contribution in [2.45, 2.75) is 65.3 Å². The van der Waals surface area contributed by atoms with Gasteiger partial charge in [0.15, 0.2) is 11.6 Å². The van der Waals surface area contributed by atoms with Crippen LogP contribution in [0.2, 0.25) is 0 Å². The normalized spacial score (nSPS) is 17.5. The van der Waals surface area contributed by atoms with Gasteiger partial charge >= 0.3 is 0 Å². The molecule has 12 nitrogen and oxygen atoms in total. The van der Waals surface area contributed by atoms with Crippen LogP contribution in [0.3, 0.4) is 0 Å². The minimum absolute atomic E-state index is 0.00345. The number of aromatic amines is 1. The molecule has 228 valence electrons. The molecule has 0 saturated carbocycles. The first-order valence-corrected chi connectivity index (χ1v) is 14.9. The standard InChI is InChI=1S/C31H33FN8O4/c1-16-27(22(11-26(43)35-16)36-25-10-20-14-38(17(2)42)7-8-39(20)37-25)18-9-19(15-41)29(33-12-18)24-13-34-31(44)30-28(32)21-5-3-4-6-23(21)40(24)30/h9-12,24,41H,3-8,13-15H2,1-2H3,(H,34,44)(H2,35,36,37,43). The minimum Gasteiger partial charge on any atom is -0.392 e. The van der Waals surface area contributed by atoms with E-state index in [1.807, 2.05) is 16.8 Å². The molecule has 0 spiro atoms. The van der Waals surface area contributed by atoms with Crippen LogP contribution in [0.5, 0.6) is 0 Å². The van der Waals surface area contributed by atoms with Gasteiger partial charge in [0, 0.05) is 72.0 Å². The van der Waals surface area contributed by atoms with Crippen LogP contribution in [0.1, 0.15) is 70.2 Å². The molecule has 4 N–H and O–H groups in total. The van der Waals surface area contributed by atoms with Crippen LogP contribution in [0.4, 0.5) is 15.9 Å². The molecule has 1 unspecified atom stereocenters. The van der Waals surface area contributed by atoms with Crippen LogP contribution in [0.15, 0.2) is 29.2 Å². The first-order chi connectivity index (χ1) is 21.2. The molecular weight excluding hydrogens is 567 g/mol. The second-order valence-corrected chi connectivity index (χ2v) is 11.7. The molecule has 1 aliphatic carbocycles. The Morgan fingerprint density at radius 2 is 2.00 bits per heavy atom. The van der Waals surface area contributed by atoms with Gasteiger partial charge < -0.3 is 30.2 Å². The molecule has 0 radical (unpaired) electrons. The number of amides is 2. The zero-order valence-corrected chi connectivity index (χ0v) is 24.5. The summed E-state index contributed by atoms with van der Waals surface area (Å²) in [4.78, 5) is 46.6. The summed E-state index contributed by atoms with van der Waals surface area (Å²) in [6.07, 6.45) is 4.74. The summed E-state index contributed by atoms with van der Waals surface area (Å²) in [7, 11) is 0. The number of carbonyl (C=O) groups excluding carboxylic acids is 2. The molecule has 0 fully saturated rings. The van der Waals surface area contributed by atoms with Crippen LogP contribution < -0.4 is 16.2 Å². The molecule has 3 aliphatic rings. The lowest BCUT2D eigenvalue weighted by Gasteiger charge is -2.30. The lowest BCUT2D eigenvalue weighted by atomic mass is 9.96. The van der Waals surface area contributed by atoms with Crippen molar-refractivity contribution in [3.8, 4) is 11.1 Å². The van der Waals surface area contributed by atoms with Gasteiger partial charge in [-0.15, -0.1) is 0 Å². The van der Waals surface area contributed by atoms with Crippen LogP contribution in [0, 0.1) is 12.7 Å². The van der Waals surface area contributed by atoms with Crippen LogP contribution >= 0.6 is 0 Å². The van der Waals surface area contributed by atoms with Gasteiger partial charge in [0.1, 0.15) is 5.69 Å². The van der Waals surface area contributed by atoms with Crippen molar-refractivity contribution in [3.05, 3.63) is 80.2 Å². The largest absolute Gasteiger partial charge is 0.392 e. The van der Waals surface area contributed by atoms with Gasteiger partial charge in [0.25, 0.3) is 5.91 Å².